The summed E-state index contributed by atoms with van der Waals surface area (Å²) in [4.78, 5) is 25.0. The molecule has 3 heterocycles. The molecule has 29 heavy (non-hydrogen) atoms. The molecule has 148 valence electrons. The zero-order chi connectivity index (χ0) is 19.6. The third-order valence-electron chi connectivity index (χ3n) is 5.74. The maximum absolute atomic E-state index is 13.1. The van der Waals surface area contributed by atoms with Gasteiger partial charge in [-0.15, -0.1) is 0 Å². The summed E-state index contributed by atoms with van der Waals surface area (Å²) < 4.78 is 5.59. The Morgan fingerprint density at radius 2 is 1.79 bits per heavy atom. The zero-order valence-corrected chi connectivity index (χ0v) is 16.3. The molecule has 1 aromatic carbocycles. The molecule has 3 aromatic rings. The van der Waals surface area contributed by atoms with Crippen LogP contribution in [0.2, 0.25) is 0 Å². The molecule has 1 fully saturated rings. The van der Waals surface area contributed by atoms with Gasteiger partial charge in [0.1, 0.15) is 11.6 Å². The first-order valence-corrected chi connectivity index (χ1v) is 10.3. The van der Waals surface area contributed by atoms with Crippen LogP contribution in [0.3, 0.4) is 0 Å². The number of anilines is 3. The lowest BCUT2D eigenvalue weighted by atomic mass is 9.84. The van der Waals surface area contributed by atoms with E-state index in [-0.39, 0.29) is 11.7 Å². The number of furan rings is 1. The Morgan fingerprint density at radius 1 is 0.966 bits per heavy atom. The van der Waals surface area contributed by atoms with E-state index in [1.807, 2.05) is 42.5 Å². The second kappa shape index (κ2) is 7.70. The number of carbonyl (C=O) groups is 1. The van der Waals surface area contributed by atoms with E-state index < -0.39 is 0 Å². The predicted octanol–water partition coefficient (Wildman–Crippen LogP) is 4.72. The molecule has 2 aromatic heterocycles. The minimum absolute atomic E-state index is 0.0266. The molecule has 0 amide bonds. The maximum Gasteiger partial charge on any atom is 0.227 e. The highest BCUT2D eigenvalue weighted by atomic mass is 16.3. The van der Waals surface area contributed by atoms with Crippen molar-refractivity contribution in [1.29, 1.82) is 0 Å². The van der Waals surface area contributed by atoms with Crippen molar-refractivity contribution in [2.75, 3.05) is 23.3 Å². The van der Waals surface area contributed by atoms with Crippen molar-refractivity contribution in [3.8, 4) is 0 Å². The molecule has 0 spiro atoms. The molecule has 1 saturated heterocycles. The molecule has 0 bridgehead atoms. The fourth-order valence-electron chi connectivity index (χ4n) is 4.28. The van der Waals surface area contributed by atoms with Crippen LogP contribution in [0.15, 0.2) is 53.1 Å². The number of carbonyl (C=O) groups excluding carboxylic acids is 1. The van der Waals surface area contributed by atoms with Crippen LogP contribution in [0.1, 0.15) is 53.4 Å². The Morgan fingerprint density at radius 3 is 2.55 bits per heavy atom. The number of piperidine rings is 1. The van der Waals surface area contributed by atoms with Crippen LogP contribution in [0.4, 0.5) is 17.5 Å². The molecule has 1 atom stereocenters. The lowest BCUT2D eigenvalue weighted by Crippen LogP contribution is -2.32. The van der Waals surface area contributed by atoms with E-state index in [1.165, 1.54) is 6.42 Å². The molecule has 6 nitrogen and oxygen atoms in total. The summed E-state index contributed by atoms with van der Waals surface area (Å²) in [5.74, 6) is 2.27. The van der Waals surface area contributed by atoms with Gasteiger partial charge in [-0.05, 0) is 43.5 Å². The Hall–Kier alpha value is -3.15. The molecule has 0 saturated carbocycles. The number of nitrogens with one attached hydrogen (secondary N) is 1. The molecule has 6 heteroatoms. The van der Waals surface area contributed by atoms with Crippen LogP contribution in [-0.2, 0) is 6.42 Å². The molecule has 2 aliphatic rings. The second-order valence-corrected chi connectivity index (χ2v) is 7.78. The topological polar surface area (TPSA) is 71.3 Å². The molecule has 1 aliphatic heterocycles. The zero-order valence-electron chi connectivity index (χ0n) is 16.3. The second-order valence-electron chi connectivity index (χ2n) is 7.78. The van der Waals surface area contributed by atoms with Gasteiger partial charge in [0.05, 0.1) is 17.5 Å². The van der Waals surface area contributed by atoms with Gasteiger partial charge in [-0.2, -0.15) is 4.98 Å². The third-order valence-corrected chi connectivity index (χ3v) is 5.74. The summed E-state index contributed by atoms with van der Waals surface area (Å²) in [6.07, 6.45) is 6.30. The van der Waals surface area contributed by atoms with E-state index in [0.717, 1.165) is 49.0 Å². The molecule has 0 radical (unpaired) electrons. The minimum atomic E-state index is 0.0266. The van der Waals surface area contributed by atoms with Crippen LogP contribution in [-0.4, -0.2) is 28.8 Å². The number of rotatable bonds is 4. The van der Waals surface area contributed by atoms with Crippen LogP contribution in [0.5, 0.6) is 0 Å². The number of nitrogens with zero attached hydrogens (tertiary/aromatic N) is 3. The van der Waals surface area contributed by atoms with Crippen LogP contribution < -0.4 is 10.2 Å². The van der Waals surface area contributed by atoms with Crippen molar-refractivity contribution < 1.29 is 9.21 Å². The van der Waals surface area contributed by atoms with E-state index >= 15 is 0 Å². The normalized spacial score (nSPS) is 19.1. The van der Waals surface area contributed by atoms with E-state index in [9.17, 15) is 4.79 Å². The lowest BCUT2D eigenvalue weighted by Gasteiger charge is -2.29. The molecular weight excluding hydrogens is 364 g/mol. The molecule has 1 N–H and O–H groups in total. The van der Waals surface area contributed by atoms with Gasteiger partial charge in [-0.3, -0.25) is 4.79 Å². The van der Waals surface area contributed by atoms with Gasteiger partial charge in [-0.25, -0.2) is 4.98 Å². The van der Waals surface area contributed by atoms with Crippen LogP contribution >= 0.6 is 0 Å². The van der Waals surface area contributed by atoms with E-state index in [1.54, 1.807) is 6.26 Å². The fourth-order valence-corrected chi connectivity index (χ4v) is 4.28. The van der Waals surface area contributed by atoms with Crippen LogP contribution in [0, 0.1) is 0 Å². The number of aromatic nitrogens is 2. The monoisotopic (exact) mass is 388 g/mol. The highest BCUT2D eigenvalue weighted by Gasteiger charge is 2.33. The SMILES string of the molecule is O=C1CC(c2ccco2)Cc2nc(N3CCCCC3)nc(Nc3ccccc3)c21. The third kappa shape index (κ3) is 3.62. The number of hydrogen-bond acceptors (Lipinski definition) is 6. The lowest BCUT2D eigenvalue weighted by molar-refractivity contribution is 0.0959. The largest absolute Gasteiger partial charge is 0.469 e. The summed E-state index contributed by atoms with van der Waals surface area (Å²) in [5, 5.41) is 3.37. The van der Waals surface area contributed by atoms with Gasteiger partial charge in [0.25, 0.3) is 0 Å². The van der Waals surface area contributed by atoms with Gasteiger partial charge >= 0.3 is 0 Å². The smallest absolute Gasteiger partial charge is 0.227 e. The first-order valence-electron chi connectivity index (χ1n) is 10.3. The average molecular weight is 388 g/mol. The van der Waals surface area contributed by atoms with Crippen molar-refractivity contribution in [1.82, 2.24) is 9.97 Å². The molecule has 1 aliphatic carbocycles. The van der Waals surface area contributed by atoms with Gasteiger partial charge in [-0.1, -0.05) is 18.2 Å². The number of benzene rings is 1. The highest BCUT2D eigenvalue weighted by molar-refractivity contribution is 6.03. The standard InChI is InChI=1S/C23H24N4O2/c28-19-15-16(20-10-7-13-29-20)14-18-21(19)22(24-17-8-3-1-4-9-17)26-23(25-18)27-11-5-2-6-12-27/h1,3-4,7-10,13,16H,2,5-6,11-12,14-15H2,(H,24,25,26). The summed E-state index contributed by atoms with van der Waals surface area (Å²) >= 11 is 0. The van der Waals surface area contributed by atoms with Gasteiger partial charge in [0, 0.05) is 37.5 Å². The van der Waals surface area contributed by atoms with Gasteiger partial charge in [0.2, 0.25) is 5.95 Å². The van der Waals surface area contributed by atoms with Crippen molar-refractivity contribution >= 4 is 23.2 Å². The summed E-state index contributed by atoms with van der Waals surface area (Å²) in [7, 11) is 0. The fraction of sp³-hybridized carbons (Fsp3) is 0.348. The minimum Gasteiger partial charge on any atom is -0.469 e. The number of hydrogen-bond donors (Lipinski definition) is 1. The van der Waals surface area contributed by atoms with Crippen molar-refractivity contribution in [3.63, 3.8) is 0 Å². The summed E-state index contributed by atoms with van der Waals surface area (Å²) in [6, 6.07) is 13.7. The van der Waals surface area contributed by atoms with Crippen molar-refractivity contribution in [2.45, 2.75) is 38.0 Å². The van der Waals surface area contributed by atoms with E-state index in [0.29, 0.717) is 24.2 Å². The molecule has 1 unspecified atom stereocenters. The Bertz CT molecular complexity index is 995. The number of ketones is 1. The van der Waals surface area contributed by atoms with Crippen molar-refractivity contribution in [3.05, 3.63) is 65.7 Å². The molecular formula is C23H24N4O2. The Labute approximate surface area is 170 Å². The first-order chi connectivity index (χ1) is 14.3. The van der Waals surface area contributed by atoms with Gasteiger partial charge in [0.15, 0.2) is 5.78 Å². The predicted molar refractivity (Wildman–Crippen MR) is 112 cm³/mol. The quantitative estimate of drug-likeness (QED) is 0.697. The number of Topliss-reactive ketones (excluding diaryl/α,β-unsaturated/α-hetero) is 1. The molecule has 5 rings (SSSR count). The van der Waals surface area contributed by atoms with Crippen molar-refractivity contribution in [2.24, 2.45) is 0 Å². The Balaban J connectivity index is 1.56. The number of fused-ring (bicyclic) bond motifs is 1. The average Bonchev–Trinajstić information content (AvgIpc) is 3.30. The Kier molecular flexibility index (Phi) is 4.76. The summed E-state index contributed by atoms with van der Waals surface area (Å²) in [6.45, 7) is 1.91. The summed E-state index contributed by atoms with van der Waals surface area (Å²) in [5.41, 5.74) is 2.35. The van der Waals surface area contributed by atoms with Gasteiger partial charge < -0.3 is 14.6 Å². The first kappa shape index (κ1) is 17.9. The van der Waals surface area contributed by atoms with Crippen LogP contribution in [0.25, 0.3) is 0 Å². The number of para-hydroxylation sites is 1. The maximum atomic E-state index is 13.1. The highest BCUT2D eigenvalue weighted by Crippen LogP contribution is 2.36. The van der Waals surface area contributed by atoms with E-state index in [4.69, 9.17) is 14.4 Å². The van der Waals surface area contributed by atoms with E-state index in [2.05, 4.69) is 10.2 Å².